The zero-order valence-electron chi connectivity index (χ0n) is 13.0. The molecule has 128 valence electrons. The standard InChI is InChI=1S/C14H26N2O3S3/c1-3-12(17)11(8-22)16-14(19)9(6-20)5-13(18)10(7-21)15-4-2/h9-11,15,20-22H,3-8H2,1-2H3,(H,16,19)/t9-,10-,11-/m1/s1. The molecule has 2 N–H and O–H groups in total. The van der Waals surface area contributed by atoms with Crippen molar-refractivity contribution in [1.82, 2.24) is 10.6 Å². The molecule has 22 heavy (non-hydrogen) atoms. The van der Waals surface area contributed by atoms with Crippen LogP contribution in [0.4, 0.5) is 0 Å². The topological polar surface area (TPSA) is 75.3 Å². The fraction of sp³-hybridized carbons (Fsp3) is 0.786. The first kappa shape index (κ1) is 21.8. The third-order valence-corrected chi connectivity index (χ3v) is 4.47. The molecule has 0 heterocycles. The van der Waals surface area contributed by atoms with Gasteiger partial charge in [0.1, 0.15) is 0 Å². The van der Waals surface area contributed by atoms with Gasteiger partial charge in [-0.25, -0.2) is 0 Å². The molecule has 1 amide bonds. The first-order valence-electron chi connectivity index (χ1n) is 7.36. The van der Waals surface area contributed by atoms with E-state index < -0.39 is 12.0 Å². The van der Waals surface area contributed by atoms with Gasteiger partial charge in [-0.2, -0.15) is 37.9 Å². The van der Waals surface area contributed by atoms with Gasteiger partial charge in [0.2, 0.25) is 5.91 Å². The number of carbonyl (C=O) groups excluding carboxylic acids is 3. The lowest BCUT2D eigenvalue weighted by molar-refractivity contribution is -0.131. The van der Waals surface area contributed by atoms with Crippen LogP contribution in [0.15, 0.2) is 0 Å². The minimum atomic E-state index is -0.618. The molecular formula is C14H26N2O3S3. The second-order valence-electron chi connectivity index (χ2n) is 4.91. The number of nitrogens with one attached hydrogen (secondary N) is 2. The van der Waals surface area contributed by atoms with Crippen LogP contribution in [-0.4, -0.2) is 53.4 Å². The summed E-state index contributed by atoms with van der Waals surface area (Å²) in [6.45, 7) is 4.29. The average molecular weight is 367 g/mol. The minimum absolute atomic E-state index is 0.0738. The van der Waals surface area contributed by atoms with Gasteiger partial charge in [-0.1, -0.05) is 13.8 Å². The largest absolute Gasteiger partial charge is 0.345 e. The number of ketones is 2. The summed E-state index contributed by atoms with van der Waals surface area (Å²) in [7, 11) is 0. The summed E-state index contributed by atoms with van der Waals surface area (Å²) in [5.41, 5.74) is 0. The van der Waals surface area contributed by atoms with Gasteiger partial charge < -0.3 is 10.6 Å². The predicted octanol–water partition coefficient (Wildman–Crippen LogP) is 0.793. The summed E-state index contributed by atoms with van der Waals surface area (Å²) in [6.07, 6.45) is 0.408. The van der Waals surface area contributed by atoms with Gasteiger partial charge in [-0.3, -0.25) is 14.4 Å². The zero-order chi connectivity index (χ0) is 17.1. The van der Waals surface area contributed by atoms with Gasteiger partial charge in [0.25, 0.3) is 0 Å². The molecular weight excluding hydrogens is 340 g/mol. The molecule has 0 aliphatic heterocycles. The summed E-state index contributed by atoms with van der Waals surface area (Å²) < 4.78 is 0. The van der Waals surface area contributed by atoms with Gasteiger partial charge >= 0.3 is 0 Å². The second kappa shape index (κ2) is 12.3. The van der Waals surface area contributed by atoms with Crippen molar-refractivity contribution in [2.45, 2.75) is 38.8 Å². The van der Waals surface area contributed by atoms with E-state index in [4.69, 9.17) is 0 Å². The lowest BCUT2D eigenvalue weighted by Crippen LogP contribution is -2.47. The second-order valence-corrected chi connectivity index (χ2v) is 6.00. The summed E-state index contributed by atoms with van der Waals surface area (Å²) >= 11 is 12.4. The molecule has 0 unspecified atom stereocenters. The number of hydrogen-bond donors (Lipinski definition) is 5. The van der Waals surface area contributed by atoms with E-state index in [-0.39, 0.29) is 41.4 Å². The maximum atomic E-state index is 12.2. The van der Waals surface area contributed by atoms with Crippen molar-refractivity contribution in [2.24, 2.45) is 5.92 Å². The van der Waals surface area contributed by atoms with Crippen LogP contribution in [0.2, 0.25) is 0 Å². The molecule has 0 aromatic carbocycles. The Balaban J connectivity index is 4.71. The summed E-state index contributed by atoms with van der Waals surface area (Å²) in [6, 6.07) is -0.991. The molecule has 5 nitrogen and oxygen atoms in total. The number of amides is 1. The number of hydrogen-bond acceptors (Lipinski definition) is 7. The van der Waals surface area contributed by atoms with Crippen molar-refractivity contribution >= 4 is 55.4 Å². The number of rotatable bonds is 12. The molecule has 0 aromatic rings. The van der Waals surface area contributed by atoms with Crippen LogP contribution in [0.3, 0.4) is 0 Å². The van der Waals surface area contributed by atoms with Crippen molar-refractivity contribution in [3.05, 3.63) is 0 Å². The minimum Gasteiger partial charge on any atom is -0.345 e. The molecule has 3 atom stereocenters. The highest BCUT2D eigenvalue weighted by Gasteiger charge is 2.27. The van der Waals surface area contributed by atoms with E-state index in [9.17, 15) is 14.4 Å². The third kappa shape index (κ3) is 7.39. The van der Waals surface area contributed by atoms with Gasteiger partial charge in [-0.15, -0.1) is 0 Å². The van der Waals surface area contributed by atoms with Crippen LogP contribution in [0.25, 0.3) is 0 Å². The van der Waals surface area contributed by atoms with Crippen LogP contribution < -0.4 is 10.6 Å². The highest BCUT2D eigenvalue weighted by molar-refractivity contribution is 7.80. The Morgan fingerprint density at radius 3 is 1.91 bits per heavy atom. The predicted molar refractivity (Wildman–Crippen MR) is 99.4 cm³/mol. The Morgan fingerprint density at radius 2 is 1.50 bits per heavy atom. The highest BCUT2D eigenvalue weighted by atomic mass is 32.1. The van der Waals surface area contributed by atoms with E-state index in [1.54, 1.807) is 6.92 Å². The number of thiol groups is 3. The normalized spacial score (nSPS) is 15.0. The Kier molecular flexibility index (Phi) is 12.2. The Hall–Kier alpha value is -0.180. The Morgan fingerprint density at radius 1 is 0.909 bits per heavy atom. The van der Waals surface area contributed by atoms with Gasteiger partial charge in [0, 0.05) is 30.1 Å². The lowest BCUT2D eigenvalue weighted by atomic mass is 9.99. The van der Waals surface area contributed by atoms with E-state index in [1.807, 2.05) is 6.92 Å². The van der Waals surface area contributed by atoms with Crippen molar-refractivity contribution in [2.75, 3.05) is 23.8 Å². The van der Waals surface area contributed by atoms with Crippen molar-refractivity contribution in [1.29, 1.82) is 0 Å². The van der Waals surface area contributed by atoms with Gasteiger partial charge in [0.15, 0.2) is 11.6 Å². The van der Waals surface area contributed by atoms with Crippen LogP contribution >= 0.6 is 37.9 Å². The SMILES string of the molecule is CCN[C@H](CS)C(=O)C[C@H](CS)C(=O)N[C@H](CS)C(=O)CC. The maximum absolute atomic E-state index is 12.2. The van der Waals surface area contributed by atoms with E-state index in [0.29, 0.717) is 18.7 Å². The molecule has 0 aliphatic rings. The third-order valence-electron chi connectivity index (χ3n) is 3.30. The van der Waals surface area contributed by atoms with Gasteiger partial charge in [0.05, 0.1) is 18.0 Å². The number of Topliss-reactive ketones (excluding diaryl/α,β-unsaturated/α-hetero) is 2. The molecule has 0 saturated heterocycles. The molecule has 0 aromatic heterocycles. The van der Waals surface area contributed by atoms with Gasteiger partial charge in [-0.05, 0) is 6.54 Å². The quantitative estimate of drug-likeness (QED) is 0.331. The summed E-state index contributed by atoms with van der Waals surface area (Å²) in [5.74, 6) is -0.196. The summed E-state index contributed by atoms with van der Waals surface area (Å²) in [4.78, 5) is 36.1. The molecule has 0 radical (unpaired) electrons. The smallest absolute Gasteiger partial charge is 0.224 e. The number of carbonyl (C=O) groups is 3. The molecule has 0 fully saturated rings. The first-order valence-corrected chi connectivity index (χ1v) is 9.26. The highest BCUT2D eigenvalue weighted by Crippen LogP contribution is 2.10. The Bertz CT molecular complexity index is 380. The molecule has 8 heteroatoms. The molecule has 0 aliphatic carbocycles. The van der Waals surface area contributed by atoms with E-state index in [1.165, 1.54) is 0 Å². The molecule has 0 bridgehead atoms. The van der Waals surface area contributed by atoms with Crippen LogP contribution in [0.5, 0.6) is 0 Å². The maximum Gasteiger partial charge on any atom is 0.224 e. The zero-order valence-corrected chi connectivity index (χ0v) is 15.7. The fourth-order valence-corrected chi connectivity index (χ4v) is 2.84. The first-order chi connectivity index (χ1) is 10.4. The average Bonchev–Trinajstić information content (AvgIpc) is 2.53. The van der Waals surface area contributed by atoms with E-state index >= 15 is 0 Å². The molecule has 0 saturated carbocycles. The van der Waals surface area contributed by atoms with Crippen molar-refractivity contribution < 1.29 is 14.4 Å². The van der Waals surface area contributed by atoms with Crippen molar-refractivity contribution in [3.63, 3.8) is 0 Å². The van der Waals surface area contributed by atoms with Crippen LogP contribution in [-0.2, 0) is 14.4 Å². The Labute approximate surface area is 149 Å². The van der Waals surface area contributed by atoms with Crippen LogP contribution in [0, 0.1) is 5.92 Å². The lowest BCUT2D eigenvalue weighted by Gasteiger charge is -2.21. The summed E-state index contributed by atoms with van der Waals surface area (Å²) in [5, 5.41) is 5.69. The molecule has 0 rings (SSSR count). The van der Waals surface area contributed by atoms with Crippen LogP contribution in [0.1, 0.15) is 26.7 Å². The van der Waals surface area contributed by atoms with E-state index in [2.05, 4.69) is 48.5 Å². The fourth-order valence-electron chi connectivity index (χ4n) is 1.92. The van der Waals surface area contributed by atoms with Crippen molar-refractivity contribution in [3.8, 4) is 0 Å². The number of likely N-dealkylation sites (N-methyl/N-ethyl adjacent to an activating group) is 1. The van der Waals surface area contributed by atoms with E-state index in [0.717, 1.165) is 0 Å². The molecule has 0 spiro atoms. The monoisotopic (exact) mass is 366 g/mol.